The molecule has 0 aliphatic rings. The Morgan fingerprint density at radius 3 is 2.38 bits per heavy atom. The molecular formula is C10H23NO2. The third-order valence-electron chi connectivity index (χ3n) is 2.26. The summed E-state index contributed by atoms with van der Waals surface area (Å²) in [5, 5.41) is 12.7. The van der Waals surface area contributed by atoms with Crippen molar-refractivity contribution in [2.75, 3.05) is 20.3 Å². The maximum Gasteiger partial charge on any atom is 0.0785 e. The molecule has 2 N–H and O–H groups in total. The lowest BCUT2D eigenvalue weighted by molar-refractivity contribution is 0.0589. The molecule has 1 unspecified atom stereocenters. The van der Waals surface area contributed by atoms with Gasteiger partial charge in [0.2, 0.25) is 0 Å². The lowest BCUT2D eigenvalue weighted by Gasteiger charge is -2.16. The van der Waals surface area contributed by atoms with Gasteiger partial charge in [0.1, 0.15) is 0 Å². The summed E-state index contributed by atoms with van der Waals surface area (Å²) in [6.07, 6.45) is 2.74. The molecular weight excluding hydrogens is 166 g/mol. The summed E-state index contributed by atoms with van der Waals surface area (Å²) in [7, 11) is 1.61. The molecule has 1 atom stereocenters. The van der Waals surface area contributed by atoms with Crippen LogP contribution in [0.25, 0.3) is 0 Å². The summed E-state index contributed by atoms with van der Waals surface area (Å²) in [4.78, 5) is 0. The molecule has 0 saturated heterocycles. The summed E-state index contributed by atoms with van der Waals surface area (Å²) in [6, 6.07) is 0.592. The minimum absolute atomic E-state index is 0.327. The van der Waals surface area contributed by atoms with E-state index < -0.39 is 0 Å². The fourth-order valence-electron chi connectivity index (χ4n) is 1.31. The Labute approximate surface area is 81.5 Å². The van der Waals surface area contributed by atoms with E-state index in [1.54, 1.807) is 7.11 Å². The van der Waals surface area contributed by atoms with Crippen molar-refractivity contribution >= 4 is 0 Å². The van der Waals surface area contributed by atoms with Gasteiger partial charge in [-0.1, -0.05) is 13.8 Å². The highest BCUT2D eigenvalue weighted by Gasteiger charge is 2.05. The van der Waals surface area contributed by atoms with Crippen molar-refractivity contribution in [3.63, 3.8) is 0 Å². The van der Waals surface area contributed by atoms with E-state index in [2.05, 4.69) is 19.2 Å². The summed E-state index contributed by atoms with van der Waals surface area (Å²) in [6.45, 7) is 5.65. The van der Waals surface area contributed by atoms with E-state index in [0.29, 0.717) is 12.6 Å². The molecule has 3 nitrogen and oxygen atoms in total. The van der Waals surface area contributed by atoms with Gasteiger partial charge < -0.3 is 15.2 Å². The normalized spacial score (nSPS) is 13.6. The second-order valence-corrected chi connectivity index (χ2v) is 3.37. The lowest BCUT2D eigenvalue weighted by Crippen LogP contribution is -2.31. The van der Waals surface area contributed by atoms with Crippen LogP contribution in [0.5, 0.6) is 0 Å². The molecule has 0 aromatic rings. The molecule has 0 saturated carbocycles. The van der Waals surface area contributed by atoms with Crippen LogP contribution in [0, 0.1) is 0 Å². The van der Waals surface area contributed by atoms with Crippen LogP contribution < -0.4 is 5.32 Å². The zero-order valence-corrected chi connectivity index (χ0v) is 9.05. The molecule has 13 heavy (non-hydrogen) atoms. The molecule has 80 valence electrons. The van der Waals surface area contributed by atoms with Crippen molar-refractivity contribution in [3.05, 3.63) is 0 Å². The van der Waals surface area contributed by atoms with Gasteiger partial charge in [0.25, 0.3) is 0 Å². The van der Waals surface area contributed by atoms with Crippen molar-refractivity contribution in [2.24, 2.45) is 0 Å². The van der Waals surface area contributed by atoms with Crippen LogP contribution >= 0.6 is 0 Å². The van der Waals surface area contributed by atoms with Gasteiger partial charge in [-0.25, -0.2) is 0 Å². The zero-order valence-electron chi connectivity index (χ0n) is 9.05. The zero-order chi connectivity index (χ0) is 10.1. The Hall–Kier alpha value is -0.120. The van der Waals surface area contributed by atoms with Gasteiger partial charge in [-0.3, -0.25) is 0 Å². The number of methoxy groups -OCH3 is 1. The maximum absolute atomic E-state index is 9.34. The van der Waals surface area contributed by atoms with Gasteiger partial charge in [-0.05, 0) is 25.8 Å². The van der Waals surface area contributed by atoms with Crippen LogP contribution in [0.2, 0.25) is 0 Å². The predicted molar refractivity (Wildman–Crippen MR) is 54.9 cm³/mol. The van der Waals surface area contributed by atoms with E-state index in [4.69, 9.17) is 4.74 Å². The molecule has 0 amide bonds. The Morgan fingerprint density at radius 2 is 1.92 bits per heavy atom. The first-order chi connectivity index (χ1) is 6.24. The number of hydrogen-bond donors (Lipinski definition) is 2. The van der Waals surface area contributed by atoms with Crippen LogP contribution in [0.1, 0.15) is 33.1 Å². The number of rotatable bonds is 8. The van der Waals surface area contributed by atoms with E-state index in [9.17, 15) is 5.11 Å². The first-order valence-corrected chi connectivity index (χ1v) is 5.14. The first-order valence-electron chi connectivity index (χ1n) is 5.14. The third-order valence-corrected chi connectivity index (χ3v) is 2.26. The highest BCUT2D eigenvalue weighted by atomic mass is 16.5. The summed E-state index contributed by atoms with van der Waals surface area (Å²) >= 11 is 0. The number of nitrogens with one attached hydrogen (secondary N) is 1. The minimum atomic E-state index is -0.327. The molecule has 0 aromatic heterocycles. The van der Waals surface area contributed by atoms with Crippen molar-refractivity contribution in [1.29, 1.82) is 0 Å². The van der Waals surface area contributed by atoms with E-state index >= 15 is 0 Å². The summed E-state index contributed by atoms with van der Waals surface area (Å²) < 4.78 is 4.84. The molecule has 0 fully saturated rings. The third kappa shape index (κ3) is 6.99. The number of aliphatic hydroxyl groups excluding tert-OH is 1. The molecule has 0 aliphatic heterocycles. The van der Waals surface area contributed by atoms with Gasteiger partial charge >= 0.3 is 0 Å². The van der Waals surface area contributed by atoms with Gasteiger partial charge in [-0.2, -0.15) is 0 Å². The number of hydrogen-bond acceptors (Lipinski definition) is 3. The number of ether oxygens (including phenoxy) is 1. The van der Waals surface area contributed by atoms with Gasteiger partial charge in [0.05, 0.1) is 12.7 Å². The highest BCUT2D eigenvalue weighted by molar-refractivity contribution is 4.64. The van der Waals surface area contributed by atoms with E-state index in [1.807, 2.05) is 0 Å². The Bertz CT molecular complexity index is 105. The van der Waals surface area contributed by atoms with Crippen molar-refractivity contribution in [1.82, 2.24) is 5.32 Å². The second kappa shape index (κ2) is 8.48. The standard InChI is InChI=1S/C10H23NO2/c1-4-9(5-2)11-7-6-10(12)8-13-3/h9-12H,4-8H2,1-3H3. The molecule has 0 spiro atoms. The van der Waals surface area contributed by atoms with Crippen LogP contribution in [-0.4, -0.2) is 37.5 Å². The molecule has 0 aromatic carbocycles. The predicted octanol–water partition coefficient (Wildman–Crippen LogP) is 1.16. The Morgan fingerprint density at radius 1 is 1.31 bits per heavy atom. The van der Waals surface area contributed by atoms with Crippen molar-refractivity contribution in [2.45, 2.75) is 45.3 Å². The summed E-state index contributed by atoms with van der Waals surface area (Å²) in [5.74, 6) is 0. The van der Waals surface area contributed by atoms with Crippen molar-refractivity contribution in [3.8, 4) is 0 Å². The Kier molecular flexibility index (Phi) is 8.40. The average Bonchev–Trinajstić information content (AvgIpc) is 2.13. The van der Waals surface area contributed by atoms with Crippen LogP contribution in [0.4, 0.5) is 0 Å². The molecule has 3 heteroatoms. The van der Waals surface area contributed by atoms with Gasteiger partial charge in [0.15, 0.2) is 0 Å². The largest absolute Gasteiger partial charge is 0.391 e. The molecule has 0 heterocycles. The topological polar surface area (TPSA) is 41.5 Å². The maximum atomic E-state index is 9.34. The fraction of sp³-hybridized carbons (Fsp3) is 1.00. The van der Waals surface area contributed by atoms with E-state index in [-0.39, 0.29) is 6.10 Å². The van der Waals surface area contributed by atoms with E-state index in [0.717, 1.165) is 25.8 Å². The van der Waals surface area contributed by atoms with E-state index in [1.165, 1.54) is 0 Å². The van der Waals surface area contributed by atoms with Crippen LogP contribution in [0.3, 0.4) is 0 Å². The quantitative estimate of drug-likeness (QED) is 0.602. The van der Waals surface area contributed by atoms with Crippen molar-refractivity contribution < 1.29 is 9.84 Å². The molecule has 0 bridgehead atoms. The fourth-order valence-corrected chi connectivity index (χ4v) is 1.31. The SMILES string of the molecule is CCC(CC)NCCC(O)COC. The summed E-state index contributed by atoms with van der Waals surface area (Å²) in [5.41, 5.74) is 0. The Balaban J connectivity index is 3.32. The first kappa shape index (κ1) is 12.9. The molecule has 0 aliphatic carbocycles. The number of aliphatic hydroxyl groups is 1. The van der Waals surface area contributed by atoms with Crippen LogP contribution in [-0.2, 0) is 4.74 Å². The monoisotopic (exact) mass is 189 g/mol. The second-order valence-electron chi connectivity index (χ2n) is 3.37. The minimum Gasteiger partial charge on any atom is -0.391 e. The smallest absolute Gasteiger partial charge is 0.0785 e. The van der Waals surface area contributed by atoms with Crippen LogP contribution in [0.15, 0.2) is 0 Å². The van der Waals surface area contributed by atoms with Gasteiger partial charge in [-0.15, -0.1) is 0 Å². The van der Waals surface area contributed by atoms with Gasteiger partial charge in [0, 0.05) is 13.2 Å². The average molecular weight is 189 g/mol. The lowest BCUT2D eigenvalue weighted by atomic mass is 10.1. The highest BCUT2D eigenvalue weighted by Crippen LogP contribution is 1.97. The molecule has 0 rings (SSSR count). The molecule has 0 radical (unpaired) electrons.